The van der Waals surface area contributed by atoms with Crippen molar-refractivity contribution in [3.8, 4) is 0 Å². The van der Waals surface area contributed by atoms with Gasteiger partial charge in [0, 0.05) is 12.6 Å². The molecule has 0 aliphatic heterocycles. The summed E-state index contributed by atoms with van der Waals surface area (Å²) in [6.45, 7) is 14.8. The van der Waals surface area contributed by atoms with E-state index in [1.165, 1.54) is 0 Å². The number of ether oxygens (including phenoxy) is 2. The first-order valence-electron chi connectivity index (χ1n) is 9.01. The minimum absolute atomic E-state index is 0.176. The number of hydrogen-bond acceptors (Lipinski definition) is 5. The average molecular weight is 333 g/mol. The Balaban J connectivity index is 4.15. The lowest BCUT2D eigenvalue weighted by atomic mass is 9.95. The topological polar surface area (TPSA) is 62.8 Å². The van der Waals surface area contributed by atoms with E-state index in [2.05, 4.69) is 38.3 Å². The molecule has 0 heterocycles. The smallest absolute Gasteiger partial charge is 0.105 e. The Labute approximate surface area is 143 Å². The molecule has 5 heteroatoms. The van der Waals surface area contributed by atoms with Gasteiger partial charge in [-0.05, 0) is 67.3 Å². The van der Waals surface area contributed by atoms with Crippen LogP contribution in [0.2, 0.25) is 0 Å². The van der Waals surface area contributed by atoms with Crippen LogP contribution in [0.4, 0.5) is 0 Å². The monoisotopic (exact) mass is 332 g/mol. The van der Waals surface area contributed by atoms with Crippen LogP contribution in [0.15, 0.2) is 0 Å². The third kappa shape index (κ3) is 11.9. The molecule has 5 nitrogen and oxygen atoms in total. The van der Waals surface area contributed by atoms with Gasteiger partial charge in [0.05, 0.1) is 24.4 Å². The molecule has 0 saturated heterocycles. The van der Waals surface area contributed by atoms with Crippen LogP contribution in [0.5, 0.6) is 0 Å². The third-order valence-corrected chi connectivity index (χ3v) is 4.22. The number of likely N-dealkylation sites (N-methyl/N-ethyl adjacent to an activating group) is 1. The van der Waals surface area contributed by atoms with Crippen molar-refractivity contribution in [3.63, 3.8) is 0 Å². The number of nitrogens with one attached hydrogen (secondary N) is 2. The van der Waals surface area contributed by atoms with Crippen LogP contribution in [0.3, 0.4) is 0 Å². The Bertz CT molecular complexity index is 298. The molecule has 0 amide bonds. The summed E-state index contributed by atoms with van der Waals surface area (Å²) in [6.07, 6.45) is 2.86. The molecule has 0 spiro atoms. The molecular formula is C18H40N2O3. The number of aliphatic hydroxyl groups excluding tert-OH is 1. The second kappa shape index (κ2) is 11.4. The Morgan fingerprint density at radius 2 is 1.70 bits per heavy atom. The molecule has 23 heavy (non-hydrogen) atoms. The second-order valence-corrected chi connectivity index (χ2v) is 7.49. The summed E-state index contributed by atoms with van der Waals surface area (Å²) in [5, 5.41) is 16.2. The lowest BCUT2D eigenvalue weighted by Crippen LogP contribution is -2.38. The third-order valence-electron chi connectivity index (χ3n) is 4.22. The van der Waals surface area contributed by atoms with Crippen LogP contribution in [0.25, 0.3) is 0 Å². The van der Waals surface area contributed by atoms with Gasteiger partial charge in [-0.25, -0.2) is 0 Å². The predicted molar refractivity (Wildman–Crippen MR) is 96.7 cm³/mol. The summed E-state index contributed by atoms with van der Waals surface area (Å²) < 4.78 is 12.0. The molecule has 0 rings (SSSR count). The number of aliphatic hydroxyl groups is 1. The molecule has 0 saturated carbocycles. The first kappa shape index (κ1) is 22.8. The fourth-order valence-corrected chi connectivity index (χ4v) is 2.31. The maximum Gasteiger partial charge on any atom is 0.105 e. The van der Waals surface area contributed by atoms with Crippen molar-refractivity contribution in [1.82, 2.24) is 10.6 Å². The van der Waals surface area contributed by atoms with Crippen LogP contribution in [-0.2, 0) is 9.47 Å². The molecule has 2 atom stereocenters. The van der Waals surface area contributed by atoms with Gasteiger partial charge in [0.15, 0.2) is 0 Å². The maximum absolute atomic E-state index is 9.96. The first-order valence-corrected chi connectivity index (χ1v) is 9.01. The molecular weight excluding hydrogens is 292 g/mol. The SMILES string of the molecule is CCC(C)(CCC(O)NC(C)C)OCCC(C)(C)OCCNC. The van der Waals surface area contributed by atoms with E-state index in [1.807, 2.05) is 20.9 Å². The van der Waals surface area contributed by atoms with Gasteiger partial charge >= 0.3 is 0 Å². The van der Waals surface area contributed by atoms with E-state index in [-0.39, 0.29) is 17.2 Å². The molecule has 0 aliphatic carbocycles. The number of hydrogen-bond donors (Lipinski definition) is 3. The molecule has 0 aromatic rings. The van der Waals surface area contributed by atoms with Crippen molar-refractivity contribution in [3.05, 3.63) is 0 Å². The van der Waals surface area contributed by atoms with Crippen molar-refractivity contribution < 1.29 is 14.6 Å². The van der Waals surface area contributed by atoms with Gasteiger partial charge in [-0.15, -0.1) is 0 Å². The largest absolute Gasteiger partial charge is 0.379 e. The molecule has 2 unspecified atom stereocenters. The Morgan fingerprint density at radius 3 is 2.22 bits per heavy atom. The zero-order valence-electron chi connectivity index (χ0n) is 16.4. The van der Waals surface area contributed by atoms with Crippen molar-refractivity contribution in [2.24, 2.45) is 0 Å². The highest BCUT2D eigenvalue weighted by molar-refractivity contribution is 4.77. The summed E-state index contributed by atoms with van der Waals surface area (Å²) in [5.41, 5.74) is -0.370. The van der Waals surface area contributed by atoms with Gasteiger partial charge in [0.1, 0.15) is 6.23 Å². The summed E-state index contributed by atoms with van der Waals surface area (Å²) in [6, 6.07) is 0.286. The highest BCUT2D eigenvalue weighted by atomic mass is 16.5. The predicted octanol–water partition coefficient (Wildman–Crippen LogP) is 2.67. The lowest BCUT2D eigenvalue weighted by Gasteiger charge is -2.32. The molecule has 3 N–H and O–H groups in total. The zero-order chi connectivity index (χ0) is 17.9. The lowest BCUT2D eigenvalue weighted by molar-refractivity contribution is -0.0857. The van der Waals surface area contributed by atoms with E-state index < -0.39 is 6.23 Å². The van der Waals surface area contributed by atoms with E-state index in [0.29, 0.717) is 19.6 Å². The standard InChI is InChI=1S/C18H40N2O3/c1-8-18(6,10-9-16(21)20-15(2)3)23-13-11-17(4,5)22-14-12-19-7/h15-16,19-21H,8-14H2,1-7H3. The zero-order valence-corrected chi connectivity index (χ0v) is 16.4. The Hall–Kier alpha value is -0.200. The van der Waals surface area contributed by atoms with Crippen LogP contribution in [0.1, 0.15) is 67.2 Å². The maximum atomic E-state index is 9.96. The first-order chi connectivity index (χ1) is 10.6. The van der Waals surface area contributed by atoms with Crippen molar-refractivity contribution >= 4 is 0 Å². The molecule has 0 fully saturated rings. The van der Waals surface area contributed by atoms with Crippen LogP contribution < -0.4 is 10.6 Å². The van der Waals surface area contributed by atoms with Gasteiger partial charge in [0.2, 0.25) is 0 Å². The molecule has 140 valence electrons. The van der Waals surface area contributed by atoms with Gasteiger partial charge in [-0.2, -0.15) is 0 Å². The van der Waals surface area contributed by atoms with Crippen LogP contribution in [-0.4, -0.2) is 55.4 Å². The minimum atomic E-state index is -0.467. The molecule has 0 bridgehead atoms. The van der Waals surface area contributed by atoms with Crippen molar-refractivity contribution in [2.75, 3.05) is 26.8 Å². The van der Waals surface area contributed by atoms with E-state index >= 15 is 0 Å². The van der Waals surface area contributed by atoms with Gasteiger partial charge < -0.3 is 19.9 Å². The fraction of sp³-hybridized carbons (Fsp3) is 1.00. The van der Waals surface area contributed by atoms with Crippen LogP contribution in [0, 0.1) is 0 Å². The Kier molecular flexibility index (Phi) is 11.3. The molecule has 0 aromatic carbocycles. The molecule has 0 aromatic heterocycles. The van der Waals surface area contributed by atoms with Gasteiger partial charge in [0.25, 0.3) is 0 Å². The summed E-state index contributed by atoms with van der Waals surface area (Å²) in [4.78, 5) is 0. The van der Waals surface area contributed by atoms with E-state index in [9.17, 15) is 5.11 Å². The van der Waals surface area contributed by atoms with Crippen molar-refractivity contribution in [2.45, 2.75) is 90.7 Å². The second-order valence-electron chi connectivity index (χ2n) is 7.49. The summed E-state index contributed by atoms with van der Waals surface area (Å²) in [5.74, 6) is 0. The average Bonchev–Trinajstić information content (AvgIpc) is 2.44. The van der Waals surface area contributed by atoms with Crippen LogP contribution >= 0.6 is 0 Å². The van der Waals surface area contributed by atoms with Crippen molar-refractivity contribution in [1.29, 1.82) is 0 Å². The summed E-state index contributed by atoms with van der Waals surface area (Å²) >= 11 is 0. The molecule has 0 aliphatic rings. The van der Waals surface area contributed by atoms with Gasteiger partial charge in [-0.3, -0.25) is 5.32 Å². The number of rotatable bonds is 14. The normalized spacial score (nSPS) is 16.6. The van der Waals surface area contributed by atoms with E-state index in [0.717, 1.165) is 25.8 Å². The quantitative estimate of drug-likeness (QED) is 0.337. The van der Waals surface area contributed by atoms with E-state index in [1.54, 1.807) is 0 Å². The minimum Gasteiger partial charge on any atom is -0.379 e. The Morgan fingerprint density at radius 1 is 1.04 bits per heavy atom. The fourth-order valence-electron chi connectivity index (χ4n) is 2.31. The summed E-state index contributed by atoms with van der Waals surface area (Å²) in [7, 11) is 1.93. The highest BCUT2D eigenvalue weighted by Crippen LogP contribution is 2.24. The van der Waals surface area contributed by atoms with E-state index in [4.69, 9.17) is 9.47 Å². The van der Waals surface area contributed by atoms with Gasteiger partial charge in [-0.1, -0.05) is 6.92 Å². The highest BCUT2D eigenvalue weighted by Gasteiger charge is 2.26. The molecule has 0 radical (unpaired) electrons.